The molecule has 2 rings (SSSR count). The smallest absolute Gasteiger partial charge is 0.193 e. The fraction of sp³-hybridized carbons (Fsp3) is 0.952. The maximum absolute atomic E-state index is 5.98. The van der Waals surface area contributed by atoms with Gasteiger partial charge in [-0.05, 0) is 31.6 Å². The van der Waals surface area contributed by atoms with Crippen LogP contribution in [0.4, 0.5) is 0 Å². The molecule has 0 amide bonds. The van der Waals surface area contributed by atoms with Gasteiger partial charge in [-0.25, -0.2) is 0 Å². The second-order valence-electron chi connectivity index (χ2n) is 8.26. The summed E-state index contributed by atoms with van der Waals surface area (Å²) in [7, 11) is 3.63. The number of nitrogens with zero attached hydrogens (tertiary/aromatic N) is 3. The minimum atomic E-state index is 0.369. The minimum Gasteiger partial charge on any atom is -0.385 e. The average molecular weight is 399 g/mol. The lowest BCUT2D eigenvalue weighted by molar-refractivity contribution is 0.00872. The van der Waals surface area contributed by atoms with Gasteiger partial charge in [0, 0.05) is 66.1 Å². The number of rotatable bonds is 10. The molecule has 0 aliphatic carbocycles. The van der Waals surface area contributed by atoms with Crippen molar-refractivity contribution in [3.8, 4) is 0 Å². The third kappa shape index (κ3) is 8.23. The first-order chi connectivity index (χ1) is 13.6. The molecule has 1 unspecified atom stereocenters. The first-order valence-corrected chi connectivity index (χ1v) is 11.0. The molecule has 0 aromatic rings. The zero-order chi connectivity index (χ0) is 20.2. The van der Waals surface area contributed by atoms with E-state index in [0.717, 1.165) is 84.4 Å². The first kappa shape index (κ1) is 23.4. The van der Waals surface area contributed by atoms with E-state index in [4.69, 9.17) is 14.2 Å². The highest BCUT2D eigenvalue weighted by Gasteiger charge is 2.25. The van der Waals surface area contributed by atoms with Crippen molar-refractivity contribution in [2.24, 2.45) is 10.9 Å². The van der Waals surface area contributed by atoms with Crippen molar-refractivity contribution in [2.45, 2.75) is 51.7 Å². The summed E-state index contributed by atoms with van der Waals surface area (Å²) < 4.78 is 16.6. The Morgan fingerprint density at radius 2 is 1.86 bits per heavy atom. The van der Waals surface area contributed by atoms with Crippen LogP contribution in [0.25, 0.3) is 0 Å². The Balaban J connectivity index is 1.76. The summed E-state index contributed by atoms with van der Waals surface area (Å²) in [6.07, 6.45) is 4.66. The summed E-state index contributed by atoms with van der Waals surface area (Å²) in [6, 6.07) is 0.530. The lowest BCUT2D eigenvalue weighted by atomic mass is 10.0. The number of likely N-dealkylation sites (tertiary alicyclic amines) is 1. The van der Waals surface area contributed by atoms with Crippen molar-refractivity contribution < 1.29 is 14.2 Å². The van der Waals surface area contributed by atoms with Crippen LogP contribution in [0.15, 0.2) is 4.99 Å². The number of hydrogen-bond acceptors (Lipinski definition) is 5. The highest BCUT2D eigenvalue weighted by atomic mass is 16.5. The van der Waals surface area contributed by atoms with Crippen LogP contribution in [0.2, 0.25) is 0 Å². The summed E-state index contributed by atoms with van der Waals surface area (Å²) in [4.78, 5) is 9.50. The van der Waals surface area contributed by atoms with Crippen molar-refractivity contribution in [3.05, 3.63) is 0 Å². The van der Waals surface area contributed by atoms with Crippen LogP contribution in [0.3, 0.4) is 0 Å². The van der Waals surface area contributed by atoms with Crippen molar-refractivity contribution in [1.29, 1.82) is 0 Å². The molecule has 0 aromatic carbocycles. The molecule has 0 radical (unpaired) electrons. The summed E-state index contributed by atoms with van der Waals surface area (Å²) >= 11 is 0. The molecule has 1 N–H and O–H groups in total. The highest BCUT2D eigenvalue weighted by molar-refractivity contribution is 5.80. The summed E-state index contributed by atoms with van der Waals surface area (Å²) in [5.74, 6) is 1.71. The zero-order valence-corrected chi connectivity index (χ0v) is 18.5. The summed E-state index contributed by atoms with van der Waals surface area (Å²) in [6.45, 7) is 12.9. The van der Waals surface area contributed by atoms with Gasteiger partial charge >= 0.3 is 0 Å². The normalized spacial score (nSPS) is 21.3. The van der Waals surface area contributed by atoms with Gasteiger partial charge in [0.15, 0.2) is 5.96 Å². The van der Waals surface area contributed by atoms with Crippen LogP contribution in [-0.4, -0.2) is 101 Å². The van der Waals surface area contributed by atoms with Crippen molar-refractivity contribution in [1.82, 2.24) is 15.1 Å². The fourth-order valence-electron chi connectivity index (χ4n) is 4.08. The molecule has 28 heavy (non-hydrogen) atoms. The third-order valence-corrected chi connectivity index (χ3v) is 5.60. The molecule has 2 aliphatic heterocycles. The first-order valence-electron chi connectivity index (χ1n) is 11.0. The summed E-state index contributed by atoms with van der Waals surface area (Å²) in [5, 5.41) is 3.65. The second-order valence-corrected chi connectivity index (χ2v) is 8.26. The zero-order valence-electron chi connectivity index (χ0n) is 18.5. The Labute approximate surface area is 171 Å². The van der Waals surface area contributed by atoms with Crippen molar-refractivity contribution in [2.75, 3.05) is 73.3 Å². The molecule has 2 fully saturated rings. The Bertz CT molecular complexity index is 433. The topological polar surface area (TPSA) is 58.6 Å². The maximum atomic E-state index is 5.98. The largest absolute Gasteiger partial charge is 0.385 e. The van der Waals surface area contributed by atoms with E-state index in [9.17, 15) is 0 Å². The molecule has 164 valence electrons. The molecule has 7 heteroatoms. The number of ether oxygens (including phenoxy) is 3. The van der Waals surface area contributed by atoms with E-state index in [1.165, 1.54) is 6.42 Å². The minimum absolute atomic E-state index is 0.369. The van der Waals surface area contributed by atoms with Gasteiger partial charge in [-0.1, -0.05) is 13.8 Å². The molecule has 2 aliphatic rings. The lowest BCUT2D eigenvalue weighted by Gasteiger charge is -2.38. The van der Waals surface area contributed by atoms with Gasteiger partial charge in [-0.15, -0.1) is 0 Å². The number of morpholine rings is 1. The molecular formula is C21H42N4O3. The van der Waals surface area contributed by atoms with Gasteiger partial charge in [-0.3, -0.25) is 9.89 Å². The van der Waals surface area contributed by atoms with E-state index in [1.54, 1.807) is 7.11 Å². The van der Waals surface area contributed by atoms with E-state index in [1.807, 2.05) is 7.05 Å². The van der Waals surface area contributed by atoms with Gasteiger partial charge < -0.3 is 24.4 Å². The molecule has 0 aromatic heterocycles. The van der Waals surface area contributed by atoms with E-state index in [-0.39, 0.29) is 0 Å². The van der Waals surface area contributed by atoms with Gasteiger partial charge in [0.1, 0.15) is 0 Å². The number of nitrogens with one attached hydrogen (secondary N) is 1. The van der Waals surface area contributed by atoms with Gasteiger partial charge in [0.25, 0.3) is 0 Å². The van der Waals surface area contributed by atoms with E-state index >= 15 is 0 Å². The SMILES string of the molecule is CN=C(NCC(CC(C)C)N1CCOCC1)N1CCC(OCCCOC)CC1. The number of guanidine groups is 1. The predicted octanol–water partition coefficient (Wildman–Crippen LogP) is 1.83. The van der Waals surface area contributed by atoms with E-state index in [2.05, 4.69) is 34.0 Å². The predicted molar refractivity (Wildman–Crippen MR) is 114 cm³/mol. The molecule has 0 saturated carbocycles. The molecular weight excluding hydrogens is 356 g/mol. The van der Waals surface area contributed by atoms with E-state index < -0.39 is 0 Å². The second kappa shape index (κ2) is 13.4. The lowest BCUT2D eigenvalue weighted by Crippen LogP contribution is -2.53. The van der Waals surface area contributed by atoms with Crippen LogP contribution in [0, 0.1) is 5.92 Å². The van der Waals surface area contributed by atoms with Crippen LogP contribution < -0.4 is 5.32 Å². The number of piperidine rings is 1. The van der Waals surface area contributed by atoms with Crippen LogP contribution in [0.1, 0.15) is 39.5 Å². The Hall–Kier alpha value is -0.890. The molecule has 2 saturated heterocycles. The molecule has 7 nitrogen and oxygen atoms in total. The monoisotopic (exact) mass is 398 g/mol. The van der Waals surface area contributed by atoms with Gasteiger partial charge in [0.2, 0.25) is 0 Å². The molecule has 2 heterocycles. The Morgan fingerprint density at radius 1 is 1.14 bits per heavy atom. The Morgan fingerprint density at radius 3 is 2.46 bits per heavy atom. The third-order valence-electron chi connectivity index (χ3n) is 5.60. The molecule has 0 bridgehead atoms. The maximum Gasteiger partial charge on any atom is 0.193 e. The standard InChI is InChI=1S/C21H42N4O3/c1-18(2)16-19(24-10-14-27-15-11-24)17-23-21(22-3)25-8-6-20(7-9-25)28-13-5-12-26-4/h18-20H,5-17H2,1-4H3,(H,22,23). The van der Waals surface area contributed by atoms with Crippen molar-refractivity contribution in [3.63, 3.8) is 0 Å². The fourth-order valence-corrected chi connectivity index (χ4v) is 4.08. The molecule has 1 atom stereocenters. The van der Waals surface area contributed by atoms with Crippen LogP contribution in [-0.2, 0) is 14.2 Å². The summed E-state index contributed by atoms with van der Waals surface area (Å²) in [5.41, 5.74) is 0. The van der Waals surface area contributed by atoms with Gasteiger partial charge in [0.05, 0.1) is 19.3 Å². The van der Waals surface area contributed by atoms with Gasteiger partial charge in [-0.2, -0.15) is 0 Å². The quantitative estimate of drug-likeness (QED) is 0.344. The van der Waals surface area contributed by atoms with Crippen LogP contribution in [0.5, 0.6) is 0 Å². The number of methoxy groups -OCH3 is 1. The van der Waals surface area contributed by atoms with Crippen molar-refractivity contribution >= 4 is 5.96 Å². The van der Waals surface area contributed by atoms with E-state index in [0.29, 0.717) is 18.1 Å². The van der Waals surface area contributed by atoms with Crippen LogP contribution >= 0.6 is 0 Å². The molecule has 0 spiro atoms. The number of aliphatic imine (C=N–C) groups is 1. The number of hydrogen-bond donors (Lipinski definition) is 1. The Kier molecular flexibility index (Phi) is 11.2. The highest BCUT2D eigenvalue weighted by Crippen LogP contribution is 2.16. The average Bonchev–Trinajstić information content (AvgIpc) is 2.72.